The zero-order valence-electron chi connectivity index (χ0n) is 16.6. The number of amides is 1. The van der Waals surface area contributed by atoms with Gasteiger partial charge in [0.2, 0.25) is 0 Å². The maximum absolute atomic E-state index is 13.0. The molecular weight excluding hydrogens is 427 g/mol. The number of hydrogen-bond donors (Lipinski definition) is 1. The Hall–Kier alpha value is -2.06. The number of Topliss-reactive ketones (excluding diaryl/α,β-unsaturated/α-hetero) is 1. The number of piperazine rings is 1. The minimum Gasteiger partial charge on any atom is -0.391 e. The summed E-state index contributed by atoms with van der Waals surface area (Å²) in [6, 6.07) is 5.60. The van der Waals surface area contributed by atoms with E-state index in [2.05, 4.69) is 26.2 Å². The van der Waals surface area contributed by atoms with Crippen LogP contribution in [0.3, 0.4) is 0 Å². The maximum Gasteiger partial charge on any atom is 0.273 e. The molecule has 152 valence electrons. The third-order valence-electron chi connectivity index (χ3n) is 4.90. The summed E-state index contributed by atoms with van der Waals surface area (Å²) in [6.45, 7) is 5.70. The lowest BCUT2D eigenvalue weighted by molar-refractivity contribution is -0.126. The van der Waals surface area contributed by atoms with Gasteiger partial charge in [-0.05, 0) is 54.0 Å². The topological polar surface area (TPSA) is 65.0 Å². The van der Waals surface area contributed by atoms with E-state index < -0.39 is 0 Å². The number of benzene rings is 1. The normalized spacial score (nSPS) is 19.3. The van der Waals surface area contributed by atoms with E-state index >= 15 is 0 Å². The summed E-state index contributed by atoms with van der Waals surface area (Å²) in [7, 11) is 3.38. The van der Waals surface area contributed by atoms with Gasteiger partial charge in [0.1, 0.15) is 11.5 Å². The summed E-state index contributed by atoms with van der Waals surface area (Å²) in [5, 5.41) is 3.01. The van der Waals surface area contributed by atoms with Crippen molar-refractivity contribution in [2.24, 2.45) is 4.99 Å². The van der Waals surface area contributed by atoms with Crippen LogP contribution >= 0.6 is 15.9 Å². The molecule has 0 aromatic heterocycles. The van der Waals surface area contributed by atoms with E-state index in [-0.39, 0.29) is 30.1 Å². The van der Waals surface area contributed by atoms with Crippen LogP contribution in [0.15, 0.2) is 39.4 Å². The highest BCUT2D eigenvalue weighted by molar-refractivity contribution is 9.12. The molecule has 1 N–H and O–H groups in total. The first-order valence-electron chi connectivity index (χ1n) is 9.11. The largest absolute Gasteiger partial charge is 0.391 e. The first kappa shape index (κ1) is 22.2. The molecule has 1 aromatic rings. The standard InChI is InChI=1S/C20H26BrFN4O2/c1-13-11-26(20(28)19(24-4)18(21)14(2)23-3)10-9-25(13)12-17(27)15-5-7-16(22)8-6-15/h5-8,13,23H,9-12H2,1-4H3/b18-14+,24-19+/t13-/m0/s1. The van der Waals surface area contributed by atoms with Gasteiger partial charge < -0.3 is 10.2 Å². The van der Waals surface area contributed by atoms with Crippen LogP contribution in [-0.2, 0) is 4.79 Å². The minimum absolute atomic E-state index is 0.0216. The molecule has 6 nitrogen and oxygen atoms in total. The lowest BCUT2D eigenvalue weighted by Crippen LogP contribution is -2.56. The van der Waals surface area contributed by atoms with Crippen LogP contribution in [0.4, 0.5) is 4.39 Å². The van der Waals surface area contributed by atoms with E-state index in [1.807, 2.05) is 18.7 Å². The lowest BCUT2D eigenvalue weighted by Gasteiger charge is -2.39. The van der Waals surface area contributed by atoms with Gasteiger partial charge in [0.05, 0.1) is 11.0 Å². The van der Waals surface area contributed by atoms with Crippen LogP contribution < -0.4 is 5.32 Å². The van der Waals surface area contributed by atoms with Crippen LogP contribution in [0.25, 0.3) is 0 Å². The number of carbonyl (C=O) groups excluding carboxylic acids is 2. The number of halogens is 2. The number of aliphatic imine (C=N–C) groups is 1. The smallest absolute Gasteiger partial charge is 0.273 e. The molecule has 0 bridgehead atoms. The fourth-order valence-corrected chi connectivity index (χ4v) is 3.60. The fraction of sp³-hybridized carbons (Fsp3) is 0.450. The molecule has 1 amide bonds. The van der Waals surface area contributed by atoms with Crippen molar-refractivity contribution >= 4 is 33.3 Å². The molecule has 0 radical (unpaired) electrons. The molecule has 1 saturated heterocycles. The average molecular weight is 453 g/mol. The van der Waals surface area contributed by atoms with E-state index in [4.69, 9.17) is 0 Å². The second-order valence-electron chi connectivity index (χ2n) is 6.76. The van der Waals surface area contributed by atoms with Crippen molar-refractivity contribution in [3.8, 4) is 0 Å². The van der Waals surface area contributed by atoms with Crippen molar-refractivity contribution in [2.75, 3.05) is 40.3 Å². The number of nitrogens with one attached hydrogen (secondary N) is 1. The van der Waals surface area contributed by atoms with E-state index in [0.29, 0.717) is 35.4 Å². The van der Waals surface area contributed by atoms with Crippen LogP contribution in [0.2, 0.25) is 0 Å². The van der Waals surface area contributed by atoms with Gasteiger partial charge in [-0.15, -0.1) is 0 Å². The number of rotatable bonds is 6. The molecular formula is C20H26BrFN4O2. The maximum atomic E-state index is 13.0. The molecule has 1 aromatic carbocycles. The van der Waals surface area contributed by atoms with Crippen molar-refractivity contribution in [1.29, 1.82) is 0 Å². The Bertz CT molecular complexity index is 792. The molecule has 1 heterocycles. The van der Waals surface area contributed by atoms with Crippen molar-refractivity contribution in [3.63, 3.8) is 0 Å². The zero-order valence-corrected chi connectivity index (χ0v) is 18.2. The van der Waals surface area contributed by atoms with Crippen LogP contribution in [0, 0.1) is 5.82 Å². The van der Waals surface area contributed by atoms with E-state index in [1.165, 1.54) is 24.3 Å². The fourth-order valence-electron chi connectivity index (χ4n) is 3.05. The Kier molecular flexibility index (Phi) is 7.88. The van der Waals surface area contributed by atoms with Gasteiger partial charge >= 0.3 is 0 Å². The highest BCUT2D eigenvalue weighted by Gasteiger charge is 2.31. The van der Waals surface area contributed by atoms with Gasteiger partial charge in [0.15, 0.2) is 5.78 Å². The third-order valence-corrected chi connectivity index (χ3v) is 5.87. The first-order valence-corrected chi connectivity index (χ1v) is 9.91. The van der Waals surface area contributed by atoms with E-state index in [0.717, 1.165) is 5.70 Å². The zero-order chi connectivity index (χ0) is 20.8. The summed E-state index contributed by atoms with van der Waals surface area (Å²) in [6.07, 6.45) is 0. The Balaban J connectivity index is 2.01. The predicted octanol–water partition coefficient (Wildman–Crippen LogP) is 2.46. The highest BCUT2D eigenvalue weighted by Crippen LogP contribution is 2.17. The van der Waals surface area contributed by atoms with Gasteiger partial charge in [-0.1, -0.05) is 0 Å². The third kappa shape index (κ3) is 5.26. The molecule has 0 spiro atoms. The average Bonchev–Trinajstić information content (AvgIpc) is 2.69. The van der Waals surface area contributed by atoms with Crippen LogP contribution in [0.5, 0.6) is 0 Å². The van der Waals surface area contributed by atoms with E-state index in [1.54, 1.807) is 19.0 Å². The Morgan fingerprint density at radius 1 is 1.29 bits per heavy atom. The molecule has 8 heteroatoms. The summed E-state index contributed by atoms with van der Waals surface area (Å²) in [5.74, 6) is -0.558. The van der Waals surface area contributed by atoms with Crippen molar-refractivity contribution < 1.29 is 14.0 Å². The van der Waals surface area contributed by atoms with Gasteiger partial charge in [0.25, 0.3) is 5.91 Å². The van der Waals surface area contributed by atoms with Crippen LogP contribution in [-0.4, -0.2) is 73.5 Å². The van der Waals surface area contributed by atoms with Crippen LogP contribution in [0.1, 0.15) is 24.2 Å². The quantitative estimate of drug-likeness (QED) is 0.531. The second kappa shape index (κ2) is 9.93. The van der Waals surface area contributed by atoms with Crippen molar-refractivity contribution in [3.05, 3.63) is 45.8 Å². The van der Waals surface area contributed by atoms with Gasteiger partial charge in [-0.3, -0.25) is 19.5 Å². The Morgan fingerprint density at radius 2 is 1.93 bits per heavy atom. The number of nitrogens with zero attached hydrogens (tertiary/aromatic N) is 3. The summed E-state index contributed by atoms with van der Waals surface area (Å²) < 4.78 is 13.7. The van der Waals surface area contributed by atoms with Crippen molar-refractivity contribution in [2.45, 2.75) is 19.9 Å². The monoisotopic (exact) mass is 452 g/mol. The highest BCUT2D eigenvalue weighted by atomic mass is 79.9. The molecule has 1 aliphatic heterocycles. The van der Waals surface area contributed by atoms with Crippen molar-refractivity contribution in [1.82, 2.24) is 15.1 Å². The molecule has 2 rings (SSSR count). The predicted molar refractivity (Wildman–Crippen MR) is 112 cm³/mol. The molecule has 28 heavy (non-hydrogen) atoms. The second-order valence-corrected chi connectivity index (χ2v) is 7.55. The molecule has 0 aliphatic carbocycles. The molecule has 0 saturated carbocycles. The van der Waals surface area contributed by atoms with E-state index in [9.17, 15) is 14.0 Å². The van der Waals surface area contributed by atoms with Gasteiger partial charge in [-0.25, -0.2) is 4.39 Å². The molecule has 0 unspecified atom stereocenters. The lowest BCUT2D eigenvalue weighted by atomic mass is 10.1. The summed E-state index contributed by atoms with van der Waals surface area (Å²) >= 11 is 3.45. The van der Waals surface area contributed by atoms with Gasteiger partial charge in [-0.2, -0.15) is 0 Å². The Morgan fingerprint density at radius 3 is 2.46 bits per heavy atom. The number of hydrogen-bond acceptors (Lipinski definition) is 5. The number of ketones is 1. The summed E-state index contributed by atoms with van der Waals surface area (Å²) in [4.78, 5) is 33.3. The molecule has 1 aliphatic rings. The first-order chi connectivity index (χ1) is 13.3. The Labute approximate surface area is 173 Å². The summed E-state index contributed by atoms with van der Waals surface area (Å²) in [5.41, 5.74) is 1.68. The molecule has 1 atom stereocenters. The SMILES string of the molecule is C/N=C(C(=O)N1CCN(CC(=O)c2ccc(F)cc2)[C@@H](C)C1)\C(Br)=C(\C)NC. The van der Waals surface area contributed by atoms with Gasteiger partial charge in [0, 0.05) is 51.0 Å². The molecule has 1 fully saturated rings. The number of allylic oxidation sites excluding steroid dienone is 1. The minimum atomic E-state index is -0.362. The number of carbonyl (C=O) groups is 2.